The van der Waals surface area contributed by atoms with Gasteiger partial charge < -0.3 is 24.6 Å². The van der Waals surface area contributed by atoms with Crippen molar-refractivity contribution < 1.29 is 24.6 Å². The van der Waals surface area contributed by atoms with E-state index in [1.165, 1.54) is 11.1 Å². The van der Waals surface area contributed by atoms with E-state index in [1.54, 1.807) is 13.2 Å². The molecule has 0 radical (unpaired) electrons. The van der Waals surface area contributed by atoms with Gasteiger partial charge in [0.1, 0.15) is 6.04 Å². The summed E-state index contributed by atoms with van der Waals surface area (Å²) in [6.45, 7) is 6.15. The molecular formula is C20H26NO4+. The summed E-state index contributed by atoms with van der Waals surface area (Å²) in [5.74, 6) is 2.24. The van der Waals surface area contributed by atoms with Crippen molar-refractivity contribution in [3.8, 4) is 23.0 Å². The topological polar surface area (TPSA) is 64.5 Å². The Bertz CT molecular complexity index is 745. The summed E-state index contributed by atoms with van der Waals surface area (Å²) in [5, 5.41) is 12.4. The van der Waals surface area contributed by atoms with Crippen molar-refractivity contribution in [2.24, 2.45) is 0 Å². The molecule has 0 saturated carbocycles. The van der Waals surface area contributed by atoms with Crippen LogP contribution in [0.15, 0.2) is 30.3 Å². The van der Waals surface area contributed by atoms with Gasteiger partial charge in [0.05, 0.1) is 26.9 Å². The fourth-order valence-corrected chi connectivity index (χ4v) is 3.41. The second-order valence-electron chi connectivity index (χ2n) is 6.05. The summed E-state index contributed by atoms with van der Waals surface area (Å²) in [7, 11) is 1.56. The molecule has 0 amide bonds. The molecule has 1 aliphatic rings. The van der Waals surface area contributed by atoms with Crippen LogP contribution < -0.4 is 19.5 Å². The van der Waals surface area contributed by atoms with Crippen molar-refractivity contribution in [1.82, 2.24) is 0 Å². The average Bonchev–Trinajstić information content (AvgIpc) is 2.62. The molecule has 0 aliphatic carbocycles. The number of hydrogen-bond acceptors (Lipinski definition) is 4. The number of ether oxygens (including phenoxy) is 3. The maximum atomic E-state index is 10.1. The Labute approximate surface area is 148 Å². The summed E-state index contributed by atoms with van der Waals surface area (Å²) in [6, 6.07) is 9.91. The van der Waals surface area contributed by atoms with E-state index in [1.807, 2.05) is 26.0 Å². The van der Waals surface area contributed by atoms with Crippen molar-refractivity contribution >= 4 is 0 Å². The van der Waals surface area contributed by atoms with Gasteiger partial charge in [0, 0.05) is 17.5 Å². The molecule has 5 nitrogen and oxygen atoms in total. The molecule has 2 aromatic carbocycles. The maximum Gasteiger partial charge on any atom is 0.161 e. The zero-order chi connectivity index (χ0) is 17.8. The van der Waals surface area contributed by atoms with Crippen LogP contribution in [0.4, 0.5) is 0 Å². The minimum Gasteiger partial charge on any atom is -0.504 e. The Hall–Kier alpha value is -2.40. The highest BCUT2D eigenvalue weighted by Crippen LogP contribution is 2.37. The number of nitrogens with two attached hydrogens (primary N) is 1. The number of hydrogen-bond donors (Lipinski definition) is 2. The summed E-state index contributed by atoms with van der Waals surface area (Å²) >= 11 is 0. The lowest BCUT2D eigenvalue weighted by molar-refractivity contribution is -0.690. The second-order valence-corrected chi connectivity index (χ2v) is 6.05. The van der Waals surface area contributed by atoms with Crippen molar-refractivity contribution in [2.45, 2.75) is 26.3 Å². The quantitative estimate of drug-likeness (QED) is 0.845. The SMILES string of the molecule is CCOc1cc2c(cc1OCC)C(c1ccc(OC)c(O)c1)[NH2+]CC2. The summed E-state index contributed by atoms with van der Waals surface area (Å²) < 4.78 is 16.7. The third-order valence-corrected chi connectivity index (χ3v) is 4.52. The molecule has 0 aromatic heterocycles. The highest BCUT2D eigenvalue weighted by Gasteiger charge is 2.28. The van der Waals surface area contributed by atoms with Gasteiger partial charge in [-0.3, -0.25) is 0 Å². The molecule has 1 unspecified atom stereocenters. The smallest absolute Gasteiger partial charge is 0.161 e. The van der Waals surface area contributed by atoms with Crippen molar-refractivity contribution in [2.75, 3.05) is 26.9 Å². The largest absolute Gasteiger partial charge is 0.504 e. The number of rotatable bonds is 6. The Morgan fingerprint density at radius 2 is 1.76 bits per heavy atom. The molecule has 0 fully saturated rings. The van der Waals surface area contributed by atoms with Crippen molar-refractivity contribution in [1.29, 1.82) is 0 Å². The van der Waals surface area contributed by atoms with Gasteiger partial charge in [-0.1, -0.05) is 0 Å². The van der Waals surface area contributed by atoms with Crippen LogP contribution in [0.1, 0.15) is 36.6 Å². The van der Waals surface area contributed by atoms with Gasteiger partial charge in [-0.15, -0.1) is 0 Å². The Kier molecular flexibility index (Phi) is 5.34. The summed E-state index contributed by atoms with van der Waals surface area (Å²) in [6.07, 6.45) is 0.987. The van der Waals surface area contributed by atoms with Gasteiger partial charge in [0.15, 0.2) is 23.0 Å². The van der Waals surface area contributed by atoms with Gasteiger partial charge in [0.25, 0.3) is 0 Å². The molecule has 0 saturated heterocycles. The standard InChI is InChI=1S/C20H25NO4/c1-4-24-18-11-13-8-9-21-20(15(13)12-19(18)25-5-2)14-6-7-17(23-3)16(22)10-14/h6-7,10-12,20-22H,4-5,8-9H2,1-3H3/p+1. The van der Waals surface area contributed by atoms with Crippen LogP contribution in [0.2, 0.25) is 0 Å². The Balaban J connectivity index is 2.03. The first-order chi connectivity index (χ1) is 12.2. The fourth-order valence-electron chi connectivity index (χ4n) is 3.41. The minimum atomic E-state index is 0.121. The first-order valence-electron chi connectivity index (χ1n) is 8.80. The van der Waals surface area contributed by atoms with Gasteiger partial charge in [-0.05, 0) is 49.7 Å². The second kappa shape index (κ2) is 7.66. The number of benzene rings is 2. The number of phenolic OH excluding ortho intramolecular Hbond substituents is 1. The van der Waals surface area contributed by atoms with Crippen LogP contribution >= 0.6 is 0 Å². The predicted molar refractivity (Wildman–Crippen MR) is 95.8 cm³/mol. The lowest BCUT2D eigenvalue weighted by Gasteiger charge is -2.26. The van der Waals surface area contributed by atoms with E-state index in [-0.39, 0.29) is 11.8 Å². The van der Waals surface area contributed by atoms with E-state index in [0.29, 0.717) is 19.0 Å². The van der Waals surface area contributed by atoms with Crippen LogP contribution in [0.25, 0.3) is 0 Å². The summed E-state index contributed by atoms with van der Waals surface area (Å²) in [4.78, 5) is 0. The van der Waals surface area contributed by atoms with Crippen molar-refractivity contribution in [3.05, 3.63) is 47.0 Å². The molecule has 1 aliphatic heterocycles. The maximum absolute atomic E-state index is 10.1. The lowest BCUT2D eigenvalue weighted by atomic mass is 9.89. The van der Waals surface area contributed by atoms with Gasteiger partial charge in [-0.2, -0.15) is 0 Å². The van der Waals surface area contributed by atoms with Crippen LogP contribution in [-0.2, 0) is 6.42 Å². The molecule has 2 aromatic rings. The highest BCUT2D eigenvalue weighted by atomic mass is 16.5. The molecule has 134 valence electrons. The molecule has 25 heavy (non-hydrogen) atoms. The Morgan fingerprint density at radius 3 is 2.40 bits per heavy atom. The third-order valence-electron chi connectivity index (χ3n) is 4.52. The number of methoxy groups -OCH3 is 1. The molecule has 3 N–H and O–H groups in total. The number of aromatic hydroxyl groups is 1. The number of phenols is 1. The Morgan fingerprint density at radius 1 is 1.04 bits per heavy atom. The summed E-state index contributed by atoms with van der Waals surface area (Å²) in [5.41, 5.74) is 3.53. The lowest BCUT2D eigenvalue weighted by Crippen LogP contribution is -2.87. The average molecular weight is 344 g/mol. The molecule has 1 heterocycles. The third kappa shape index (κ3) is 3.51. The monoisotopic (exact) mass is 344 g/mol. The van der Waals surface area contributed by atoms with Crippen molar-refractivity contribution in [3.63, 3.8) is 0 Å². The van der Waals surface area contributed by atoms with Crippen LogP contribution in [0.5, 0.6) is 23.0 Å². The number of fused-ring (bicyclic) bond motifs is 1. The molecule has 0 spiro atoms. The van der Waals surface area contributed by atoms with Gasteiger partial charge in [0.2, 0.25) is 0 Å². The molecule has 3 rings (SSSR count). The first kappa shape index (κ1) is 17.4. The minimum absolute atomic E-state index is 0.121. The first-order valence-corrected chi connectivity index (χ1v) is 8.80. The molecule has 5 heteroatoms. The zero-order valence-corrected chi connectivity index (χ0v) is 15.0. The van der Waals surface area contributed by atoms with E-state index in [2.05, 4.69) is 17.4 Å². The molecule has 1 atom stereocenters. The fraction of sp³-hybridized carbons (Fsp3) is 0.400. The van der Waals surface area contributed by atoms with E-state index in [9.17, 15) is 5.11 Å². The molecule has 0 bridgehead atoms. The normalized spacial score (nSPS) is 16.2. The van der Waals surface area contributed by atoms with E-state index in [4.69, 9.17) is 14.2 Å². The van der Waals surface area contributed by atoms with Crippen LogP contribution in [-0.4, -0.2) is 32.0 Å². The van der Waals surface area contributed by atoms with E-state index >= 15 is 0 Å². The van der Waals surface area contributed by atoms with Gasteiger partial charge in [-0.25, -0.2) is 0 Å². The molecular weight excluding hydrogens is 318 g/mol. The van der Waals surface area contributed by atoms with E-state index in [0.717, 1.165) is 30.0 Å². The number of quaternary nitrogens is 1. The van der Waals surface area contributed by atoms with Crippen LogP contribution in [0, 0.1) is 0 Å². The van der Waals surface area contributed by atoms with E-state index < -0.39 is 0 Å². The predicted octanol–water partition coefficient (Wildman–Crippen LogP) is 2.41. The van der Waals surface area contributed by atoms with Gasteiger partial charge >= 0.3 is 0 Å². The highest BCUT2D eigenvalue weighted by molar-refractivity contribution is 5.52. The van der Waals surface area contributed by atoms with Crippen LogP contribution in [0.3, 0.4) is 0 Å². The zero-order valence-electron chi connectivity index (χ0n) is 15.0.